The summed E-state index contributed by atoms with van der Waals surface area (Å²) in [6.45, 7) is 9.01. The molecule has 0 aliphatic rings. The van der Waals surface area contributed by atoms with E-state index in [4.69, 9.17) is 9.57 Å². The molecule has 20 heavy (non-hydrogen) atoms. The van der Waals surface area contributed by atoms with Gasteiger partial charge < -0.3 is 9.57 Å². The summed E-state index contributed by atoms with van der Waals surface area (Å²) < 4.78 is 5.23. The quantitative estimate of drug-likeness (QED) is 0.626. The number of carbonyl (C=O) groups is 2. The topological polar surface area (TPSA) is 55.8 Å². The van der Waals surface area contributed by atoms with E-state index in [0.717, 1.165) is 5.06 Å². The van der Waals surface area contributed by atoms with E-state index in [1.165, 1.54) is 6.92 Å². The minimum atomic E-state index is -0.577. The fourth-order valence-corrected chi connectivity index (χ4v) is 1.42. The van der Waals surface area contributed by atoms with Crippen LogP contribution in [0.3, 0.4) is 0 Å². The van der Waals surface area contributed by atoms with Crippen molar-refractivity contribution in [3.63, 3.8) is 0 Å². The van der Waals surface area contributed by atoms with Crippen molar-refractivity contribution in [3.05, 3.63) is 29.8 Å². The predicted molar refractivity (Wildman–Crippen MR) is 75.7 cm³/mol. The monoisotopic (exact) mass is 279 g/mol. The highest BCUT2D eigenvalue weighted by molar-refractivity contribution is 5.94. The Labute approximate surface area is 119 Å². The predicted octanol–water partition coefficient (Wildman–Crippen LogP) is 3.44. The van der Waals surface area contributed by atoms with Crippen LogP contribution in [0.15, 0.2) is 24.3 Å². The van der Waals surface area contributed by atoms with Gasteiger partial charge in [0.15, 0.2) is 11.5 Å². The van der Waals surface area contributed by atoms with Gasteiger partial charge >= 0.3 is 6.09 Å². The summed E-state index contributed by atoms with van der Waals surface area (Å²) in [5, 5.41) is 1.13. The molecule has 0 heterocycles. The zero-order valence-corrected chi connectivity index (χ0v) is 12.6. The molecule has 0 saturated heterocycles. The first-order chi connectivity index (χ1) is 9.23. The van der Waals surface area contributed by atoms with Crippen LogP contribution in [0.4, 0.5) is 4.79 Å². The third kappa shape index (κ3) is 4.91. The molecule has 0 aliphatic heterocycles. The van der Waals surface area contributed by atoms with Gasteiger partial charge in [-0.1, -0.05) is 0 Å². The fourth-order valence-electron chi connectivity index (χ4n) is 1.42. The molecule has 0 unspecified atom stereocenters. The van der Waals surface area contributed by atoms with Gasteiger partial charge in [-0.3, -0.25) is 4.79 Å². The molecule has 1 rings (SSSR count). The number of benzene rings is 1. The molecule has 0 aromatic heterocycles. The average molecular weight is 279 g/mol. The molecule has 0 aliphatic carbocycles. The van der Waals surface area contributed by atoms with Gasteiger partial charge in [0.25, 0.3) is 0 Å². The molecule has 0 bridgehead atoms. The lowest BCUT2D eigenvalue weighted by molar-refractivity contribution is -0.0693. The van der Waals surface area contributed by atoms with E-state index in [-0.39, 0.29) is 5.78 Å². The molecule has 5 nitrogen and oxygen atoms in total. The van der Waals surface area contributed by atoms with Gasteiger partial charge in [-0.2, -0.15) is 0 Å². The summed E-state index contributed by atoms with van der Waals surface area (Å²) in [7, 11) is 0. The third-order valence-corrected chi connectivity index (χ3v) is 2.36. The van der Waals surface area contributed by atoms with Crippen molar-refractivity contribution in [3.8, 4) is 5.75 Å². The molecular weight excluding hydrogens is 258 g/mol. The highest BCUT2D eigenvalue weighted by atomic mass is 16.7. The maximum atomic E-state index is 11.9. The van der Waals surface area contributed by atoms with Gasteiger partial charge in [0, 0.05) is 5.56 Å². The number of Topliss-reactive ketones (excluding diaryl/α,β-unsaturated/α-hetero) is 1. The Morgan fingerprint density at radius 3 is 2.10 bits per heavy atom. The molecule has 0 fully saturated rings. The van der Waals surface area contributed by atoms with E-state index >= 15 is 0 Å². The Balaban J connectivity index is 2.73. The van der Waals surface area contributed by atoms with E-state index in [0.29, 0.717) is 17.9 Å². The smallest absolute Gasteiger partial charge is 0.442 e. The van der Waals surface area contributed by atoms with Crippen LogP contribution in [0.2, 0.25) is 0 Å². The highest BCUT2D eigenvalue weighted by Crippen LogP contribution is 2.16. The highest BCUT2D eigenvalue weighted by Gasteiger charge is 2.22. The van der Waals surface area contributed by atoms with Crippen molar-refractivity contribution < 1.29 is 19.2 Å². The number of carbonyl (C=O) groups excluding carboxylic acids is 2. The molecule has 1 aromatic rings. The van der Waals surface area contributed by atoms with E-state index < -0.39 is 11.7 Å². The van der Waals surface area contributed by atoms with Gasteiger partial charge in [-0.25, -0.2) is 4.79 Å². The van der Waals surface area contributed by atoms with Crippen LogP contribution >= 0.6 is 0 Å². The van der Waals surface area contributed by atoms with Crippen molar-refractivity contribution in [2.75, 3.05) is 6.54 Å². The lowest BCUT2D eigenvalue weighted by atomic mass is 10.1. The standard InChI is InChI=1S/C15H21NO4/c1-6-16(14(18)19-15(3,4)5)20-13-9-7-12(8-10-13)11(2)17/h7-10H,6H2,1-5H3. The maximum Gasteiger partial charge on any atom is 0.443 e. The normalized spacial score (nSPS) is 10.8. The number of ether oxygens (including phenoxy) is 1. The molecule has 1 amide bonds. The summed E-state index contributed by atoms with van der Waals surface area (Å²) in [5.74, 6) is 0.457. The van der Waals surface area contributed by atoms with Gasteiger partial charge in [-0.15, -0.1) is 5.06 Å². The van der Waals surface area contributed by atoms with Crippen LogP contribution in [0.1, 0.15) is 45.0 Å². The van der Waals surface area contributed by atoms with Gasteiger partial charge in [0.05, 0.1) is 6.54 Å². The maximum absolute atomic E-state index is 11.9. The van der Waals surface area contributed by atoms with Gasteiger partial charge in [-0.05, 0) is 58.9 Å². The van der Waals surface area contributed by atoms with Crippen molar-refractivity contribution in [1.82, 2.24) is 5.06 Å². The molecular formula is C15H21NO4. The van der Waals surface area contributed by atoms with Crippen molar-refractivity contribution in [1.29, 1.82) is 0 Å². The van der Waals surface area contributed by atoms with Crippen molar-refractivity contribution >= 4 is 11.9 Å². The minimum Gasteiger partial charge on any atom is -0.442 e. The molecule has 5 heteroatoms. The molecule has 1 aromatic carbocycles. The first kappa shape index (κ1) is 16.0. The number of nitrogens with zero attached hydrogens (tertiary/aromatic N) is 1. The Morgan fingerprint density at radius 1 is 1.15 bits per heavy atom. The van der Waals surface area contributed by atoms with Gasteiger partial charge in [0.1, 0.15) is 5.60 Å². The number of rotatable bonds is 4. The van der Waals surface area contributed by atoms with Crippen molar-refractivity contribution in [2.24, 2.45) is 0 Å². The summed E-state index contributed by atoms with van der Waals surface area (Å²) >= 11 is 0. The van der Waals surface area contributed by atoms with Crippen LogP contribution in [0.25, 0.3) is 0 Å². The second-order valence-corrected chi connectivity index (χ2v) is 5.35. The van der Waals surface area contributed by atoms with E-state index in [1.807, 2.05) is 0 Å². The zero-order valence-electron chi connectivity index (χ0n) is 12.6. The number of hydroxylamine groups is 2. The summed E-state index contributed by atoms with van der Waals surface area (Å²) in [6, 6.07) is 6.59. The summed E-state index contributed by atoms with van der Waals surface area (Å²) in [6.07, 6.45) is -0.546. The number of ketones is 1. The van der Waals surface area contributed by atoms with Crippen LogP contribution in [-0.4, -0.2) is 29.1 Å². The van der Waals surface area contributed by atoms with Crippen LogP contribution in [0, 0.1) is 0 Å². The molecule has 0 N–H and O–H groups in total. The lowest BCUT2D eigenvalue weighted by Gasteiger charge is -2.26. The third-order valence-electron chi connectivity index (χ3n) is 2.36. The van der Waals surface area contributed by atoms with Crippen molar-refractivity contribution in [2.45, 2.75) is 40.2 Å². The SMILES string of the molecule is CCN(Oc1ccc(C(C)=O)cc1)C(=O)OC(C)(C)C. The van der Waals surface area contributed by atoms with E-state index in [9.17, 15) is 9.59 Å². The zero-order chi connectivity index (χ0) is 15.3. The largest absolute Gasteiger partial charge is 0.443 e. The first-order valence-corrected chi connectivity index (χ1v) is 6.52. The lowest BCUT2D eigenvalue weighted by Crippen LogP contribution is -2.38. The Morgan fingerprint density at radius 2 is 1.70 bits per heavy atom. The van der Waals surface area contributed by atoms with Gasteiger partial charge in [0.2, 0.25) is 0 Å². The number of amides is 1. The van der Waals surface area contributed by atoms with Crippen LogP contribution in [-0.2, 0) is 4.74 Å². The molecule has 110 valence electrons. The fraction of sp³-hybridized carbons (Fsp3) is 0.467. The Kier molecular flexibility index (Phi) is 5.13. The molecule has 0 saturated carbocycles. The molecule has 0 atom stereocenters. The first-order valence-electron chi connectivity index (χ1n) is 6.52. The van der Waals surface area contributed by atoms with E-state index in [1.54, 1.807) is 52.0 Å². The second-order valence-electron chi connectivity index (χ2n) is 5.35. The summed E-state index contributed by atoms with van der Waals surface area (Å²) in [4.78, 5) is 28.5. The number of hydrogen-bond donors (Lipinski definition) is 0. The van der Waals surface area contributed by atoms with Crippen LogP contribution < -0.4 is 4.84 Å². The number of hydrogen-bond acceptors (Lipinski definition) is 4. The molecule has 0 radical (unpaired) electrons. The Bertz CT molecular complexity index is 474. The average Bonchev–Trinajstić information content (AvgIpc) is 2.34. The minimum absolute atomic E-state index is 0.0176. The van der Waals surface area contributed by atoms with E-state index in [2.05, 4.69) is 0 Å². The van der Waals surface area contributed by atoms with Crippen LogP contribution in [0.5, 0.6) is 5.75 Å². The Hall–Kier alpha value is -2.04. The summed E-state index contributed by atoms with van der Waals surface area (Å²) in [5.41, 5.74) is 0.0180. The second kappa shape index (κ2) is 6.41. The molecule has 0 spiro atoms.